The number of hydrogen-bond donors (Lipinski definition) is 1. The molecule has 5 rings (SSSR count). The molecule has 1 amide bonds. The summed E-state index contributed by atoms with van der Waals surface area (Å²) < 4.78 is 16.8. The van der Waals surface area contributed by atoms with Gasteiger partial charge in [-0.15, -0.1) is 0 Å². The molecule has 2 aromatic carbocycles. The number of Topliss-reactive ketones (excluding diaryl/α,β-unsaturated/α-hetero) is 1. The van der Waals surface area contributed by atoms with Gasteiger partial charge in [-0.25, -0.2) is 9.37 Å². The van der Waals surface area contributed by atoms with Crippen molar-refractivity contribution in [3.63, 3.8) is 0 Å². The second-order valence-electron chi connectivity index (χ2n) is 8.19. The molecule has 0 aliphatic heterocycles. The number of imidazole rings is 1. The Bertz CT molecular complexity index is 1560. The van der Waals surface area contributed by atoms with Crippen molar-refractivity contribution in [1.82, 2.24) is 14.4 Å². The standard InChI is InChI=1S/C28H21FN4O2/c1-18(34)20-3-2-4-24(13-20)32-28(35)16-22-5-6-23(14-25(22)29)26-17-31-27-15-21(9-12-33(26)27)19-7-10-30-11-8-19/h2-15,17H,16H2,1H3,(H,32,35). The summed E-state index contributed by atoms with van der Waals surface area (Å²) >= 11 is 0. The Morgan fingerprint density at radius 2 is 1.77 bits per heavy atom. The number of fused-ring (bicyclic) bond motifs is 1. The number of benzene rings is 2. The van der Waals surface area contributed by atoms with E-state index in [1.807, 2.05) is 34.9 Å². The average Bonchev–Trinajstić information content (AvgIpc) is 3.29. The summed E-state index contributed by atoms with van der Waals surface area (Å²) in [5.41, 5.74) is 5.47. The van der Waals surface area contributed by atoms with E-state index in [0.29, 0.717) is 16.8 Å². The summed E-state index contributed by atoms with van der Waals surface area (Å²) in [7, 11) is 0. The zero-order valence-corrected chi connectivity index (χ0v) is 18.9. The number of anilines is 1. The average molecular weight is 465 g/mol. The van der Waals surface area contributed by atoms with Gasteiger partial charge in [0.1, 0.15) is 11.5 Å². The molecular formula is C28H21FN4O2. The Morgan fingerprint density at radius 1 is 0.943 bits per heavy atom. The van der Waals surface area contributed by atoms with Gasteiger partial charge in [0.2, 0.25) is 5.91 Å². The van der Waals surface area contributed by atoms with Gasteiger partial charge in [0.05, 0.1) is 18.3 Å². The fraction of sp³-hybridized carbons (Fsp3) is 0.0714. The van der Waals surface area contributed by atoms with Crippen LogP contribution in [0.2, 0.25) is 0 Å². The van der Waals surface area contributed by atoms with E-state index in [4.69, 9.17) is 0 Å². The smallest absolute Gasteiger partial charge is 0.228 e. The molecule has 7 heteroatoms. The van der Waals surface area contributed by atoms with Crippen molar-refractivity contribution >= 4 is 23.0 Å². The highest BCUT2D eigenvalue weighted by Crippen LogP contribution is 2.26. The molecule has 3 aromatic heterocycles. The molecule has 1 N–H and O–H groups in total. The number of halogens is 1. The maximum Gasteiger partial charge on any atom is 0.228 e. The number of nitrogens with one attached hydrogen (secondary N) is 1. The first-order valence-corrected chi connectivity index (χ1v) is 11.0. The number of ketones is 1. The van der Waals surface area contributed by atoms with Crippen molar-refractivity contribution in [3.05, 3.63) is 108 Å². The predicted octanol–water partition coefficient (Wildman–Crippen LogP) is 5.59. The van der Waals surface area contributed by atoms with Crippen LogP contribution in [0.15, 0.2) is 91.5 Å². The summed E-state index contributed by atoms with van der Waals surface area (Å²) in [5.74, 6) is -0.932. The van der Waals surface area contributed by atoms with Gasteiger partial charge >= 0.3 is 0 Å². The van der Waals surface area contributed by atoms with Crippen LogP contribution < -0.4 is 5.32 Å². The number of aromatic nitrogens is 3. The predicted molar refractivity (Wildman–Crippen MR) is 133 cm³/mol. The molecule has 0 saturated heterocycles. The van der Waals surface area contributed by atoms with Crippen LogP contribution in [0.1, 0.15) is 22.8 Å². The summed E-state index contributed by atoms with van der Waals surface area (Å²) in [6.45, 7) is 1.46. The minimum atomic E-state index is -0.474. The molecule has 0 saturated carbocycles. The Labute approximate surface area is 201 Å². The third kappa shape index (κ3) is 4.70. The number of amides is 1. The second-order valence-corrected chi connectivity index (χ2v) is 8.19. The fourth-order valence-corrected chi connectivity index (χ4v) is 3.96. The molecule has 0 atom stereocenters. The quantitative estimate of drug-likeness (QED) is 0.333. The molecule has 172 valence electrons. The molecule has 0 bridgehead atoms. The fourth-order valence-electron chi connectivity index (χ4n) is 3.96. The highest BCUT2D eigenvalue weighted by Gasteiger charge is 2.13. The first kappa shape index (κ1) is 22.2. The molecule has 0 radical (unpaired) electrons. The van der Waals surface area contributed by atoms with Gasteiger partial charge in [-0.1, -0.05) is 24.3 Å². The Balaban J connectivity index is 1.35. The third-order valence-corrected chi connectivity index (χ3v) is 5.78. The topological polar surface area (TPSA) is 76.4 Å². The largest absolute Gasteiger partial charge is 0.326 e. The Kier molecular flexibility index (Phi) is 5.89. The molecule has 0 spiro atoms. The van der Waals surface area contributed by atoms with E-state index in [1.165, 1.54) is 13.0 Å². The van der Waals surface area contributed by atoms with Gasteiger partial charge in [-0.2, -0.15) is 0 Å². The lowest BCUT2D eigenvalue weighted by molar-refractivity contribution is -0.115. The van der Waals surface area contributed by atoms with Crippen LogP contribution in [0.3, 0.4) is 0 Å². The van der Waals surface area contributed by atoms with Crippen LogP contribution in [0.5, 0.6) is 0 Å². The summed E-state index contributed by atoms with van der Waals surface area (Å²) in [6.07, 6.45) is 6.96. The zero-order valence-electron chi connectivity index (χ0n) is 18.9. The van der Waals surface area contributed by atoms with Crippen molar-refractivity contribution in [1.29, 1.82) is 0 Å². The number of nitrogens with zero attached hydrogens (tertiary/aromatic N) is 3. The number of pyridine rings is 2. The maximum atomic E-state index is 14.9. The van der Waals surface area contributed by atoms with Crippen LogP contribution in [0.25, 0.3) is 28.0 Å². The monoisotopic (exact) mass is 464 g/mol. The van der Waals surface area contributed by atoms with Crippen molar-refractivity contribution in [3.8, 4) is 22.4 Å². The van der Waals surface area contributed by atoms with Crippen LogP contribution in [0, 0.1) is 5.82 Å². The van der Waals surface area contributed by atoms with Crippen LogP contribution in [0.4, 0.5) is 10.1 Å². The van der Waals surface area contributed by atoms with Crippen LogP contribution in [-0.2, 0) is 11.2 Å². The molecule has 6 nitrogen and oxygen atoms in total. The van der Waals surface area contributed by atoms with Gasteiger partial charge in [-0.05, 0) is 66.1 Å². The summed E-state index contributed by atoms with van der Waals surface area (Å²) in [5, 5.41) is 2.72. The van der Waals surface area contributed by atoms with Gasteiger partial charge < -0.3 is 5.32 Å². The van der Waals surface area contributed by atoms with Crippen molar-refractivity contribution < 1.29 is 14.0 Å². The Hall–Kier alpha value is -4.65. The molecule has 3 heterocycles. The summed E-state index contributed by atoms with van der Waals surface area (Å²) in [4.78, 5) is 32.5. The minimum absolute atomic E-state index is 0.0938. The van der Waals surface area contributed by atoms with E-state index in [1.54, 1.807) is 55.0 Å². The van der Waals surface area contributed by atoms with Gasteiger partial charge in [0.25, 0.3) is 0 Å². The molecule has 0 aliphatic carbocycles. The van der Waals surface area contributed by atoms with Crippen molar-refractivity contribution in [2.75, 3.05) is 5.32 Å². The number of carbonyl (C=O) groups excluding carboxylic acids is 2. The first-order valence-electron chi connectivity index (χ1n) is 11.0. The lowest BCUT2D eigenvalue weighted by atomic mass is 10.1. The third-order valence-electron chi connectivity index (χ3n) is 5.78. The van der Waals surface area contributed by atoms with E-state index in [9.17, 15) is 14.0 Å². The molecule has 35 heavy (non-hydrogen) atoms. The highest BCUT2D eigenvalue weighted by molar-refractivity contribution is 5.97. The van der Waals surface area contributed by atoms with E-state index in [0.717, 1.165) is 22.5 Å². The second kappa shape index (κ2) is 9.30. The number of carbonyl (C=O) groups is 2. The molecule has 5 aromatic rings. The molecule has 0 fully saturated rings. The van der Waals surface area contributed by atoms with E-state index < -0.39 is 5.82 Å². The minimum Gasteiger partial charge on any atom is -0.326 e. The van der Waals surface area contributed by atoms with Gasteiger partial charge in [0, 0.05) is 35.4 Å². The van der Waals surface area contributed by atoms with Crippen molar-refractivity contribution in [2.45, 2.75) is 13.3 Å². The van der Waals surface area contributed by atoms with E-state index in [-0.39, 0.29) is 23.7 Å². The van der Waals surface area contributed by atoms with Crippen LogP contribution >= 0.6 is 0 Å². The van der Waals surface area contributed by atoms with Gasteiger partial charge in [0.15, 0.2) is 5.78 Å². The molecule has 0 aliphatic rings. The molecular weight excluding hydrogens is 443 g/mol. The van der Waals surface area contributed by atoms with E-state index >= 15 is 0 Å². The lowest BCUT2D eigenvalue weighted by Gasteiger charge is -2.09. The first-order chi connectivity index (χ1) is 17.0. The zero-order chi connectivity index (χ0) is 24.4. The SMILES string of the molecule is CC(=O)c1cccc(NC(=O)Cc2ccc(-c3cnc4cc(-c5ccncc5)ccn34)cc2F)c1. The number of hydrogen-bond acceptors (Lipinski definition) is 4. The van der Waals surface area contributed by atoms with Crippen LogP contribution in [-0.4, -0.2) is 26.1 Å². The normalized spacial score (nSPS) is 10.9. The molecule has 0 unspecified atom stereocenters. The lowest BCUT2D eigenvalue weighted by Crippen LogP contribution is -2.15. The maximum absolute atomic E-state index is 14.9. The highest BCUT2D eigenvalue weighted by atomic mass is 19.1. The Morgan fingerprint density at radius 3 is 2.54 bits per heavy atom. The van der Waals surface area contributed by atoms with Gasteiger partial charge in [-0.3, -0.25) is 19.0 Å². The van der Waals surface area contributed by atoms with E-state index in [2.05, 4.69) is 15.3 Å². The number of rotatable bonds is 6. The summed E-state index contributed by atoms with van der Waals surface area (Å²) in [6, 6.07) is 19.3. The van der Waals surface area contributed by atoms with Crippen molar-refractivity contribution in [2.24, 2.45) is 0 Å².